The third-order valence-electron chi connectivity index (χ3n) is 0.293. The fourth-order valence-electron chi connectivity index (χ4n) is 0. The molecule has 0 saturated heterocycles. The van der Waals surface area contributed by atoms with Crippen molar-refractivity contribution in [2.75, 3.05) is 0 Å². The van der Waals surface area contributed by atoms with E-state index in [1.807, 2.05) is 0 Å². The highest BCUT2D eigenvalue weighted by Crippen LogP contribution is 2.28. The highest BCUT2D eigenvalue weighted by atomic mass is 35.6. The molecule has 0 aliphatic rings. The van der Waals surface area contributed by atoms with Gasteiger partial charge in [-0.2, -0.15) is 0 Å². The fourth-order valence-corrected chi connectivity index (χ4v) is 0. The van der Waals surface area contributed by atoms with Crippen molar-refractivity contribution in [3.8, 4) is 0 Å². The van der Waals surface area contributed by atoms with Gasteiger partial charge in [0.1, 0.15) is 0 Å². The van der Waals surface area contributed by atoms with Crippen LogP contribution in [0.5, 0.6) is 0 Å². The van der Waals surface area contributed by atoms with E-state index >= 15 is 0 Å². The summed E-state index contributed by atoms with van der Waals surface area (Å²) in [5.74, 6) is 0. The van der Waals surface area contributed by atoms with Gasteiger partial charge in [-0.05, 0) is 0 Å². The Labute approximate surface area is 55.6 Å². The van der Waals surface area contributed by atoms with E-state index in [0.29, 0.717) is 0 Å². The lowest BCUT2D eigenvalue weighted by Gasteiger charge is -2.10. The fraction of sp³-hybridized carbons (Fsp3) is 1.00. The van der Waals surface area contributed by atoms with Crippen molar-refractivity contribution in [2.45, 2.75) is 10.1 Å². The Bertz CT molecular complexity index is 56.4. The first-order valence-corrected chi connectivity index (χ1v) is 2.51. The number of halogens is 3. The first-order valence-electron chi connectivity index (χ1n) is 1.37. The Hall–Kier alpha value is 0.790. The van der Waals surface area contributed by atoms with Gasteiger partial charge in [0.2, 0.25) is 3.79 Å². The minimum atomic E-state index is -1.97. The SMILES string of the molecule is OC(O)[13C](Cl)(Cl)Cl. The van der Waals surface area contributed by atoms with Crippen LogP contribution in [0.25, 0.3) is 0 Å². The Morgan fingerprint density at radius 2 is 1.29 bits per heavy atom. The second kappa shape index (κ2) is 2.37. The van der Waals surface area contributed by atoms with Crippen molar-refractivity contribution in [3.05, 3.63) is 0 Å². The maximum Gasteiger partial charge on any atom is 0.240 e. The monoisotopic (exact) mass is 165 g/mol. The lowest BCUT2D eigenvalue weighted by atomic mass is 11.1. The maximum atomic E-state index is 8.05. The molecular weight excluding hydrogens is 163 g/mol. The molecule has 2 N–H and O–H groups in total. The van der Waals surface area contributed by atoms with Gasteiger partial charge in [-0.15, -0.1) is 0 Å². The van der Waals surface area contributed by atoms with Crippen LogP contribution in [0.2, 0.25) is 0 Å². The molecule has 0 spiro atoms. The number of hydrogen-bond acceptors (Lipinski definition) is 2. The lowest BCUT2D eigenvalue weighted by molar-refractivity contribution is -0.0355. The predicted molar refractivity (Wildman–Crippen MR) is 28.5 cm³/mol. The summed E-state index contributed by atoms with van der Waals surface area (Å²) in [7, 11) is 0. The Kier molecular flexibility index (Phi) is 2.64. The molecule has 0 atom stereocenters. The molecule has 0 amide bonds. The van der Waals surface area contributed by atoms with Gasteiger partial charge in [0.05, 0.1) is 0 Å². The normalized spacial score (nSPS) is 12.9. The molecule has 0 fully saturated rings. The van der Waals surface area contributed by atoms with Gasteiger partial charge < -0.3 is 10.2 Å². The molecule has 0 saturated carbocycles. The zero-order chi connectivity index (χ0) is 6.08. The van der Waals surface area contributed by atoms with Crippen LogP contribution < -0.4 is 0 Å². The quantitative estimate of drug-likeness (QED) is 0.315. The zero-order valence-corrected chi connectivity index (χ0v) is 5.37. The summed E-state index contributed by atoms with van der Waals surface area (Å²) >= 11 is 14.7. The molecule has 44 valence electrons. The van der Waals surface area contributed by atoms with Crippen LogP contribution in [-0.4, -0.2) is 20.3 Å². The highest BCUT2D eigenvalue weighted by Gasteiger charge is 2.28. The third-order valence-corrected chi connectivity index (χ3v) is 0.878. The first kappa shape index (κ1) is 7.79. The molecule has 0 aromatic heterocycles. The Morgan fingerprint density at radius 1 is 1.14 bits per heavy atom. The molecule has 0 unspecified atom stereocenters. The summed E-state index contributed by atoms with van der Waals surface area (Å²) in [6, 6.07) is 0. The molecule has 0 bridgehead atoms. The summed E-state index contributed by atoms with van der Waals surface area (Å²) in [4.78, 5) is 0. The number of hydrogen-bond donors (Lipinski definition) is 2. The van der Waals surface area contributed by atoms with Crippen LogP contribution in [0.4, 0.5) is 0 Å². The van der Waals surface area contributed by atoms with Gasteiger partial charge in [0.15, 0.2) is 6.29 Å². The minimum absolute atomic E-state index is 1.91. The van der Waals surface area contributed by atoms with E-state index in [-0.39, 0.29) is 0 Å². The third kappa shape index (κ3) is 3.38. The average molecular weight is 166 g/mol. The summed E-state index contributed by atoms with van der Waals surface area (Å²) < 4.78 is -1.97. The van der Waals surface area contributed by atoms with E-state index in [9.17, 15) is 0 Å². The van der Waals surface area contributed by atoms with E-state index < -0.39 is 10.1 Å². The topological polar surface area (TPSA) is 40.5 Å². The molecule has 7 heavy (non-hydrogen) atoms. The van der Waals surface area contributed by atoms with Gasteiger partial charge in [0, 0.05) is 0 Å². The largest absolute Gasteiger partial charge is 0.365 e. The zero-order valence-electron chi connectivity index (χ0n) is 3.11. The van der Waals surface area contributed by atoms with Crippen molar-refractivity contribution >= 4 is 34.8 Å². The Balaban J connectivity index is 3.54. The van der Waals surface area contributed by atoms with Crippen molar-refractivity contribution in [2.24, 2.45) is 0 Å². The minimum Gasteiger partial charge on any atom is -0.365 e. The maximum absolute atomic E-state index is 8.05. The second-order valence-electron chi connectivity index (χ2n) is 0.915. The number of alkyl halides is 3. The molecule has 0 rings (SSSR count). The molecular formula is C2H3Cl3O2. The first-order chi connectivity index (χ1) is 2.94. The summed E-state index contributed by atoms with van der Waals surface area (Å²) in [5, 5.41) is 16.1. The molecule has 0 aromatic rings. The smallest absolute Gasteiger partial charge is 0.240 e. The van der Waals surface area contributed by atoms with Crippen LogP contribution in [-0.2, 0) is 0 Å². The molecule has 0 aromatic carbocycles. The van der Waals surface area contributed by atoms with E-state index in [4.69, 9.17) is 45.0 Å². The summed E-state index contributed by atoms with van der Waals surface area (Å²) in [6.07, 6.45) is -1.91. The Morgan fingerprint density at radius 3 is 1.29 bits per heavy atom. The van der Waals surface area contributed by atoms with Crippen molar-refractivity contribution in [1.82, 2.24) is 0 Å². The highest BCUT2D eigenvalue weighted by molar-refractivity contribution is 6.67. The molecule has 0 aliphatic carbocycles. The van der Waals surface area contributed by atoms with E-state index in [0.717, 1.165) is 0 Å². The lowest BCUT2D eigenvalue weighted by Crippen LogP contribution is -2.23. The van der Waals surface area contributed by atoms with Crippen LogP contribution in [0.3, 0.4) is 0 Å². The van der Waals surface area contributed by atoms with Crippen molar-refractivity contribution in [3.63, 3.8) is 0 Å². The van der Waals surface area contributed by atoms with E-state index in [1.165, 1.54) is 0 Å². The van der Waals surface area contributed by atoms with Gasteiger partial charge in [-0.1, -0.05) is 34.8 Å². The second-order valence-corrected chi connectivity index (χ2v) is 3.28. The number of aliphatic hydroxyl groups excluding tert-OH is 1. The van der Waals surface area contributed by atoms with E-state index in [1.54, 1.807) is 0 Å². The molecule has 2 nitrogen and oxygen atoms in total. The molecule has 5 heteroatoms. The summed E-state index contributed by atoms with van der Waals surface area (Å²) in [5.41, 5.74) is 0. The average Bonchev–Trinajstić information content (AvgIpc) is 1.31. The van der Waals surface area contributed by atoms with Crippen molar-refractivity contribution < 1.29 is 10.2 Å². The number of aliphatic hydroxyl groups is 2. The van der Waals surface area contributed by atoms with Gasteiger partial charge in [0.25, 0.3) is 0 Å². The van der Waals surface area contributed by atoms with Gasteiger partial charge in [-0.25, -0.2) is 0 Å². The van der Waals surface area contributed by atoms with Crippen LogP contribution in [0.15, 0.2) is 0 Å². The standard InChI is InChI=1S/C2H3Cl3O2/c3-2(4,5)1(6)7/h1,6-7H/i2+1. The van der Waals surface area contributed by atoms with Crippen LogP contribution in [0.1, 0.15) is 0 Å². The molecule has 0 heterocycles. The van der Waals surface area contributed by atoms with Crippen LogP contribution >= 0.6 is 34.8 Å². The number of rotatable bonds is 0. The molecule has 0 aliphatic heterocycles. The van der Waals surface area contributed by atoms with Gasteiger partial charge in [-0.3, -0.25) is 0 Å². The molecule has 0 radical (unpaired) electrons. The predicted octanol–water partition coefficient (Wildman–Crippen LogP) is 0.667. The summed E-state index contributed by atoms with van der Waals surface area (Å²) in [6.45, 7) is 0. The van der Waals surface area contributed by atoms with Gasteiger partial charge >= 0.3 is 0 Å². The van der Waals surface area contributed by atoms with Crippen molar-refractivity contribution in [1.29, 1.82) is 0 Å². The van der Waals surface area contributed by atoms with Crippen LogP contribution in [0, 0.1) is 0 Å². The van der Waals surface area contributed by atoms with E-state index in [2.05, 4.69) is 0 Å².